The average molecular weight is 567 g/mol. The van der Waals surface area contributed by atoms with E-state index in [2.05, 4.69) is 25.4 Å². The molecule has 0 fully saturated rings. The van der Waals surface area contributed by atoms with Crippen LogP contribution in [0.1, 0.15) is 39.3 Å². The predicted molar refractivity (Wildman–Crippen MR) is 154 cm³/mol. The maximum absolute atomic E-state index is 12.5. The summed E-state index contributed by atoms with van der Waals surface area (Å²) < 4.78 is 8.92. The van der Waals surface area contributed by atoms with Gasteiger partial charge in [-0.1, -0.05) is 41.1 Å². The molecule has 1 atom stereocenters. The summed E-state index contributed by atoms with van der Waals surface area (Å²) in [5.41, 5.74) is 4.96. The summed E-state index contributed by atoms with van der Waals surface area (Å²) in [6.07, 6.45) is 5.20. The number of fused-ring (bicyclic) bond motifs is 1. The molecule has 0 spiro atoms. The maximum Gasteiger partial charge on any atom is 0.218 e. The minimum atomic E-state index is -1.60. The predicted octanol–water partition coefficient (Wildman–Crippen LogP) is 4.49. The molecule has 6 rings (SSSR count). The number of pyridine rings is 2. The zero-order valence-corrected chi connectivity index (χ0v) is 23.7. The Morgan fingerprint density at radius 1 is 1.02 bits per heavy atom. The Kier molecular flexibility index (Phi) is 6.72. The van der Waals surface area contributed by atoms with Gasteiger partial charge in [0.15, 0.2) is 5.60 Å². The van der Waals surface area contributed by atoms with Gasteiger partial charge in [-0.15, -0.1) is 5.10 Å². The molecule has 6 aromatic rings. The van der Waals surface area contributed by atoms with Gasteiger partial charge in [0.1, 0.15) is 12.7 Å². The van der Waals surface area contributed by atoms with Crippen LogP contribution >= 0.6 is 11.6 Å². The number of benzene rings is 2. The fourth-order valence-corrected chi connectivity index (χ4v) is 5.53. The van der Waals surface area contributed by atoms with Gasteiger partial charge in [0.05, 0.1) is 35.2 Å². The molecule has 0 bridgehead atoms. The number of aromatic nitrogens is 8. The quantitative estimate of drug-likeness (QED) is 0.300. The van der Waals surface area contributed by atoms with E-state index in [9.17, 15) is 5.11 Å². The van der Waals surface area contributed by atoms with Gasteiger partial charge >= 0.3 is 0 Å². The minimum Gasteiger partial charge on any atom is -0.481 e. The van der Waals surface area contributed by atoms with Crippen LogP contribution in [0.4, 0.5) is 0 Å². The van der Waals surface area contributed by atoms with Crippen molar-refractivity contribution in [2.24, 2.45) is 7.05 Å². The highest BCUT2D eigenvalue weighted by Gasteiger charge is 2.39. The fourth-order valence-electron chi connectivity index (χ4n) is 5.23. The lowest BCUT2D eigenvalue weighted by Crippen LogP contribution is -2.32. The van der Waals surface area contributed by atoms with Crippen LogP contribution in [-0.2, 0) is 19.1 Å². The van der Waals surface area contributed by atoms with Gasteiger partial charge in [0.2, 0.25) is 5.88 Å². The highest BCUT2D eigenvalue weighted by molar-refractivity contribution is 6.36. The summed E-state index contributed by atoms with van der Waals surface area (Å²) in [5, 5.41) is 26.0. The third-order valence-electron chi connectivity index (χ3n) is 7.29. The molecule has 2 aromatic carbocycles. The molecule has 0 saturated heterocycles. The molecular formula is C30H27ClN8O2. The number of hydrogen-bond donors (Lipinski definition) is 1. The molecule has 10 nitrogen and oxygen atoms in total. The number of aliphatic hydroxyl groups is 1. The molecule has 41 heavy (non-hydrogen) atoms. The van der Waals surface area contributed by atoms with Crippen molar-refractivity contribution in [3.05, 3.63) is 118 Å². The molecular weight excluding hydrogens is 540 g/mol. The number of rotatable bonds is 7. The second-order valence-corrected chi connectivity index (χ2v) is 10.2. The number of methoxy groups -OCH3 is 1. The van der Waals surface area contributed by atoms with Crippen LogP contribution in [-0.4, -0.2) is 51.9 Å². The summed E-state index contributed by atoms with van der Waals surface area (Å²) in [5.74, 6) is 0.445. The Hall–Kier alpha value is -4.67. The highest BCUT2D eigenvalue weighted by atomic mass is 35.5. The molecule has 11 heteroatoms. The van der Waals surface area contributed by atoms with Crippen molar-refractivity contribution in [2.75, 3.05) is 7.11 Å². The number of halogens is 1. The Bertz CT molecular complexity index is 1870. The van der Waals surface area contributed by atoms with E-state index in [1.807, 2.05) is 68.4 Å². The van der Waals surface area contributed by atoms with Crippen LogP contribution in [0.2, 0.25) is 5.02 Å². The van der Waals surface area contributed by atoms with E-state index in [1.165, 1.54) is 6.33 Å². The average Bonchev–Trinajstić information content (AvgIpc) is 3.67. The van der Waals surface area contributed by atoms with E-state index >= 15 is 0 Å². The summed E-state index contributed by atoms with van der Waals surface area (Å²) in [6.45, 7) is 3.80. The highest BCUT2D eigenvalue weighted by Crippen LogP contribution is 2.41. The Morgan fingerprint density at radius 2 is 1.83 bits per heavy atom. The van der Waals surface area contributed by atoms with Crippen molar-refractivity contribution < 1.29 is 9.84 Å². The van der Waals surface area contributed by atoms with Crippen LogP contribution in [0.5, 0.6) is 5.88 Å². The minimum absolute atomic E-state index is 0.445. The van der Waals surface area contributed by atoms with Crippen molar-refractivity contribution in [2.45, 2.75) is 25.9 Å². The summed E-state index contributed by atoms with van der Waals surface area (Å²) >= 11 is 7.10. The Labute approximate surface area is 241 Å². The van der Waals surface area contributed by atoms with E-state index in [4.69, 9.17) is 21.3 Å². The molecule has 0 aliphatic carbocycles. The molecule has 0 aliphatic heterocycles. The van der Waals surface area contributed by atoms with Gasteiger partial charge in [0, 0.05) is 41.4 Å². The number of hydrogen-bond acceptors (Lipinski definition) is 8. The number of nitrogens with zero attached hydrogens (tertiary/aromatic N) is 8. The molecule has 0 saturated carbocycles. The molecule has 1 unspecified atom stereocenters. The first-order valence-electron chi connectivity index (χ1n) is 12.9. The lowest BCUT2D eigenvalue weighted by molar-refractivity contribution is 0.115. The number of ether oxygens (including phenoxy) is 1. The van der Waals surface area contributed by atoms with E-state index in [0.29, 0.717) is 50.7 Å². The molecule has 0 amide bonds. The normalized spacial score (nSPS) is 12.9. The van der Waals surface area contributed by atoms with Crippen LogP contribution in [0.3, 0.4) is 0 Å². The molecule has 1 N–H and O–H groups in total. The summed E-state index contributed by atoms with van der Waals surface area (Å²) in [7, 11) is 3.33. The molecule has 206 valence electrons. The third-order valence-corrected chi connectivity index (χ3v) is 7.72. The molecule has 4 aromatic heterocycles. The van der Waals surface area contributed by atoms with Crippen molar-refractivity contribution in [3.8, 4) is 11.6 Å². The number of aryl methyl sites for hydroxylation is 3. The third kappa shape index (κ3) is 4.60. The standard InChI is InChI=1S/C30H27ClN8O2/c1-18-5-11-25(19(2)35-18)30(40,27-15-33-37-38(27)3)21-8-12-26-23(14-21)28(31)24(29(36-26)41-4)13-20-6-9-22(10-7-20)39-17-32-16-34-39/h5-12,14-17,40H,13H2,1-4H3. The Morgan fingerprint density at radius 3 is 2.49 bits per heavy atom. The van der Waals surface area contributed by atoms with Gasteiger partial charge < -0.3 is 9.84 Å². The first kappa shape index (κ1) is 26.5. The first-order valence-corrected chi connectivity index (χ1v) is 13.3. The maximum atomic E-state index is 12.5. The van der Waals surface area contributed by atoms with Crippen LogP contribution in [0.25, 0.3) is 16.6 Å². The lowest BCUT2D eigenvalue weighted by Gasteiger charge is -2.30. The van der Waals surface area contributed by atoms with Gasteiger partial charge in [0.25, 0.3) is 0 Å². The van der Waals surface area contributed by atoms with Gasteiger partial charge in [-0.3, -0.25) is 4.98 Å². The van der Waals surface area contributed by atoms with Crippen molar-refractivity contribution >= 4 is 22.5 Å². The zero-order valence-electron chi connectivity index (χ0n) is 22.9. The summed E-state index contributed by atoms with van der Waals surface area (Å²) in [6, 6.07) is 17.3. The second-order valence-electron chi connectivity index (χ2n) is 9.87. The van der Waals surface area contributed by atoms with Crippen molar-refractivity contribution in [1.82, 2.24) is 39.7 Å². The van der Waals surface area contributed by atoms with Gasteiger partial charge in [-0.25, -0.2) is 19.3 Å². The smallest absolute Gasteiger partial charge is 0.218 e. The van der Waals surface area contributed by atoms with E-state index in [0.717, 1.165) is 22.5 Å². The van der Waals surface area contributed by atoms with Gasteiger partial charge in [-0.05, 0) is 55.3 Å². The molecule has 0 aliphatic rings. The van der Waals surface area contributed by atoms with Gasteiger partial charge in [-0.2, -0.15) is 5.10 Å². The monoisotopic (exact) mass is 566 g/mol. The molecule has 0 radical (unpaired) electrons. The largest absolute Gasteiger partial charge is 0.481 e. The fraction of sp³-hybridized carbons (Fsp3) is 0.200. The Balaban J connectivity index is 1.48. The molecule has 4 heterocycles. The zero-order chi connectivity index (χ0) is 28.7. The van der Waals surface area contributed by atoms with Crippen molar-refractivity contribution in [3.63, 3.8) is 0 Å². The topological polar surface area (TPSA) is 117 Å². The first-order chi connectivity index (χ1) is 19.8. The van der Waals surface area contributed by atoms with Crippen LogP contribution in [0.15, 0.2) is 73.4 Å². The second kappa shape index (κ2) is 10.4. The van der Waals surface area contributed by atoms with Crippen molar-refractivity contribution in [1.29, 1.82) is 0 Å². The van der Waals surface area contributed by atoms with E-state index < -0.39 is 5.60 Å². The summed E-state index contributed by atoms with van der Waals surface area (Å²) in [4.78, 5) is 13.4. The van der Waals surface area contributed by atoms with Crippen LogP contribution in [0, 0.1) is 13.8 Å². The lowest BCUT2D eigenvalue weighted by atomic mass is 9.82. The van der Waals surface area contributed by atoms with E-state index in [-0.39, 0.29) is 0 Å². The van der Waals surface area contributed by atoms with Crippen LogP contribution < -0.4 is 4.74 Å². The SMILES string of the molecule is COc1nc2ccc(C(O)(c3ccc(C)nc3C)c3cnnn3C)cc2c(Cl)c1Cc1ccc(-n2cncn2)cc1. The van der Waals surface area contributed by atoms with E-state index in [1.54, 1.807) is 36.0 Å².